The van der Waals surface area contributed by atoms with Gasteiger partial charge in [-0.25, -0.2) is 0 Å². The van der Waals surface area contributed by atoms with E-state index in [9.17, 15) is 5.11 Å². The average molecular weight is 466 g/mol. The van der Waals surface area contributed by atoms with Crippen molar-refractivity contribution in [3.05, 3.63) is 35.4 Å². The van der Waals surface area contributed by atoms with Crippen LogP contribution in [0.4, 0.5) is 0 Å². The number of ether oxygens (including phenoxy) is 2. The van der Waals surface area contributed by atoms with Crippen molar-refractivity contribution in [2.45, 2.75) is 96.3 Å². The molecule has 2 bridgehead atoms. The molecule has 0 radical (unpaired) electrons. The molecular formula is C30H43NO3. The molecule has 1 aromatic carbocycles. The minimum atomic E-state index is -0.414. The Bertz CT molecular complexity index is 1040. The van der Waals surface area contributed by atoms with Gasteiger partial charge in [-0.3, -0.25) is 4.90 Å². The maximum absolute atomic E-state index is 11.0. The van der Waals surface area contributed by atoms with Crippen molar-refractivity contribution in [2.75, 3.05) is 20.2 Å². The van der Waals surface area contributed by atoms with Crippen LogP contribution in [0, 0.1) is 29.6 Å². The van der Waals surface area contributed by atoms with Gasteiger partial charge in [0, 0.05) is 36.6 Å². The Balaban J connectivity index is 1.58. The molecule has 186 valence electrons. The standard InChI is InChI=1S/C30H43NO3/c1-18-8-11-23(32)25-24(18)29-14-15-31(17-21-9-10-21)20(3)28(29)12-13-30(33-7,26(29)34-25)22(16-28)19(2)27(4,5)6/h8,11,20-22,26,32H,2,9-10,12-17H2,1,3-7H3/t20-,22-,26-,28-,29+,30+/m1/s1. The molecule has 4 saturated carbocycles. The van der Waals surface area contributed by atoms with Gasteiger partial charge < -0.3 is 14.6 Å². The Morgan fingerprint density at radius 2 is 1.97 bits per heavy atom. The monoisotopic (exact) mass is 465 g/mol. The molecule has 6 aliphatic rings. The van der Waals surface area contributed by atoms with Crippen LogP contribution in [0.5, 0.6) is 11.5 Å². The number of hydrogen-bond donors (Lipinski definition) is 1. The Hall–Kier alpha value is -1.52. The Morgan fingerprint density at radius 1 is 1.24 bits per heavy atom. The summed E-state index contributed by atoms with van der Waals surface area (Å²) >= 11 is 0. The third-order valence-corrected chi connectivity index (χ3v) is 11.0. The highest BCUT2D eigenvalue weighted by atomic mass is 16.6. The lowest BCUT2D eigenvalue weighted by Crippen LogP contribution is -2.79. The van der Waals surface area contributed by atoms with Crippen molar-refractivity contribution in [1.29, 1.82) is 0 Å². The summed E-state index contributed by atoms with van der Waals surface area (Å²) in [5, 5.41) is 11.0. The van der Waals surface area contributed by atoms with Gasteiger partial charge in [-0.15, -0.1) is 0 Å². The van der Waals surface area contributed by atoms with Gasteiger partial charge in [0.2, 0.25) is 0 Å². The predicted octanol–water partition coefficient (Wildman–Crippen LogP) is 5.99. The number of likely N-dealkylation sites (tertiary alicyclic amines) is 1. The first-order chi connectivity index (χ1) is 16.0. The summed E-state index contributed by atoms with van der Waals surface area (Å²) in [5.74, 6) is 2.13. The number of benzene rings is 1. The predicted molar refractivity (Wildman–Crippen MR) is 135 cm³/mol. The summed E-state index contributed by atoms with van der Waals surface area (Å²) in [6.07, 6.45) is 6.98. The summed E-state index contributed by atoms with van der Waals surface area (Å²) in [4.78, 5) is 2.80. The fourth-order valence-electron chi connectivity index (χ4n) is 8.96. The molecule has 0 unspecified atom stereocenters. The molecule has 0 aromatic heterocycles. The molecule has 34 heavy (non-hydrogen) atoms. The summed E-state index contributed by atoms with van der Waals surface area (Å²) in [6, 6.07) is 4.37. The van der Waals surface area contributed by atoms with Crippen LogP contribution in [-0.4, -0.2) is 48.0 Å². The van der Waals surface area contributed by atoms with E-state index in [1.54, 1.807) is 0 Å². The maximum atomic E-state index is 11.0. The van der Waals surface area contributed by atoms with Crippen molar-refractivity contribution in [3.8, 4) is 11.5 Å². The molecule has 4 nitrogen and oxygen atoms in total. The molecule has 4 aliphatic carbocycles. The minimum absolute atomic E-state index is 0.00208. The van der Waals surface area contributed by atoms with Gasteiger partial charge in [0.1, 0.15) is 11.7 Å². The third kappa shape index (κ3) is 2.62. The van der Waals surface area contributed by atoms with Gasteiger partial charge in [-0.2, -0.15) is 0 Å². The summed E-state index contributed by atoms with van der Waals surface area (Å²) in [7, 11) is 1.89. The highest BCUT2D eigenvalue weighted by Gasteiger charge is 2.79. The van der Waals surface area contributed by atoms with Crippen molar-refractivity contribution in [2.24, 2.45) is 22.7 Å². The smallest absolute Gasteiger partial charge is 0.165 e. The zero-order valence-electron chi connectivity index (χ0n) is 22.0. The SMILES string of the molecule is C=C([C@H]1C[C@@]23CC[C@@]1(OC)[C@@H]1Oc4c(O)ccc(C)c4[C@@]12CCN(CC1CC1)[C@@H]3C)C(C)(C)C. The first-order valence-electron chi connectivity index (χ1n) is 13.5. The normalized spacial score (nSPS) is 40.9. The summed E-state index contributed by atoms with van der Waals surface area (Å²) in [5.41, 5.74) is 3.35. The summed E-state index contributed by atoms with van der Waals surface area (Å²) < 4.78 is 13.6. The average Bonchev–Trinajstić information content (AvgIpc) is 3.54. The van der Waals surface area contributed by atoms with Crippen molar-refractivity contribution >= 4 is 0 Å². The Morgan fingerprint density at radius 3 is 2.62 bits per heavy atom. The highest BCUT2D eigenvalue weighted by Crippen LogP contribution is 2.75. The number of phenolic OH excluding ortho intramolecular Hbond substituents is 1. The number of aryl methyl sites for hydroxylation is 1. The number of aromatic hydroxyl groups is 1. The van der Waals surface area contributed by atoms with Gasteiger partial charge in [-0.05, 0) is 87.3 Å². The zero-order valence-corrected chi connectivity index (χ0v) is 22.0. The molecule has 2 spiro atoms. The Labute approximate surface area is 205 Å². The highest BCUT2D eigenvalue weighted by molar-refractivity contribution is 5.61. The second kappa shape index (κ2) is 7.03. The van der Waals surface area contributed by atoms with Gasteiger partial charge in [0.25, 0.3) is 0 Å². The maximum Gasteiger partial charge on any atom is 0.165 e. The van der Waals surface area contributed by atoms with Crippen LogP contribution >= 0.6 is 0 Å². The van der Waals surface area contributed by atoms with Crippen molar-refractivity contribution in [3.63, 3.8) is 0 Å². The van der Waals surface area contributed by atoms with Crippen LogP contribution in [0.25, 0.3) is 0 Å². The second-order valence-electron chi connectivity index (χ2n) is 13.3. The number of methoxy groups -OCH3 is 1. The number of fused-ring (bicyclic) bond motifs is 3. The number of nitrogens with zero attached hydrogens (tertiary/aromatic N) is 1. The zero-order chi connectivity index (χ0) is 24.3. The number of phenols is 1. The van der Waals surface area contributed by atoms with Crippen molar-refractivity contribution in [1.82, 2.24) is 4.90 Å². The van der Waals surface area contributed by atoms with Crippen LogP contribution in [-0.2, 0) is 10.2 Å². The van der Waals surface area contributed by atoms with E-state index in [1.807, 2.05) is 13.2 Å². The lowest BCUT2D eigenvalue weighted by atomic mass is 9.36. The molecule has 0 amide bonds. The van der Waals surface area contributed by atoms with Crippen LogP contribution in [0.15, 0.2) is 24.3 Å². The number of piperidine rings is 1. The molecule has 7 rings (SSSR count). The van der Waals surface area contributed by atoms with Crippen molar-refractivity contribution < 1.29 is 14.6 Å². The molecule has 5 fully saturated rings. The lowest BCUT2D eigenvalue weighted by molar-refractivity contribution is -0.267. The third-order valence-electron chi connectivity index (χ3n) is 11.0. The van der Waals surface area contributed by atoms with E-state index < -0.39 is 5.60 Å². The lowest BCUT2D eigenvalue weighted by Gasteiger charge is -2.72. The van der Waals surface area contributed by atoms with E-state index in [0.717, 1.165) is 43.9 Å². The number of hydrogen-bond acceptors (Lipinski definition) is 4. The topological polar surface area (TPSA) is 41.9 Å². The van der Waals surface area contributed by atoms with Gasteiger partial charge in [0.15, 0.2) is 11.5 Å². The second-order valence-corrected chi connectivity index (χ2v) is 13.3. The fraction of sp³-hybridized carbons (Fsp3) is 0.733. The van der Waals surface area contributed by atoms with Crippen LogP contribution in [0.1, 0.15) is 77.3 Å². The van der Waals surface area contributed by atoms with Crippen LogP contribution in [0.2, 0.25) is 0 Å². The van der Waals surface area contributed by atoms with Crippen LogP contribution in [0.3, 0.4) is 0 Å². The minimum Gasteiger partial charge on any atom is -0.504 e. The molecule has 1 N–H and O–H groups in total. The van der Waals surface area contributed by atoms with E-state index in [-0.39, 0.29) is 34.0 Å². The van der Waals surface area contributed by atoms with E-state index in [0.29, 0.717) is 6.04 Å². The molecule has 1 aromatic rings. The first-order valence-corrected chi connectivity index (χ1v) is 13.5. The Kier molecular flexibility index (Phi) is 4.74. The molecule has 2 heterocycles. The van der Waals surface area contributed by atoms with E-state index in [1.165, 1.54) is 36.1 Å². The molecule has 4 heteroatoms. The molecule has 2 aliphatic heterocycles. The number of rotatable bonds is 4. The van der Waals surface area contributed by atoms with E-state index >= 15 is 0 Å². The van der Waals surface area contributed by atoms with Gasteiger partial charge >= 0.3 is 0 Å². The fourth-order valence-corrected chi connectivity index (χ4v) is 8.96. The van der Waals surface area contributed by atoms with Gasteiger partial charge in [0.05, 0.1) is 0 Å². The molecule has 1 saturated heterocycles. The first kappa shape index (κ1) is 22.9. The molecular weight excluding hydrogens is 422 g/mol. The largest absolute Gasteiger partial charge is 0.504 e. The quantitative estimate of drug-likeness (QED) is 0.555. The van der Waals surface area contributed by atoms with Gasteiger partial charge in [-0.1, -0.05) is 39.0 Å². The van der Waals surface area contributed by atoms with Crippen LogP contribution < -0.4 is 4.74 Å². The van der Waals surface area contributed by atoms with E-state index in [4.69, 9.17) is 16.1 Å². The summed E-state index contributed by atoms with van der Waals surface area (Å²) in [6.45, 7) is 18.6. The molecule has 6 atom stereocenters. The van der Waals surface area contributed by atoms with E-state index in [2.05, 4.69) is 45.6 Å².